The largest absolute Gasteiger partial charge is 0.331 e. The van der Waals surface area contributed by atoms with E-state index in [9.17, 15) is 0 Å². The number of nitrogens with zero attached hydrogens (tertiary/aromatic N) is 2. The highest BCUT2D eigenvalue weighted by Gasteiger charge is 2.01. The van der Waals surface area contributed by atoms with E-state index >= 15 is 0 Å². The SMILES string of the molecule is NCCn1ccc2cc(Cl)cnc21. The van der Waals surface area contributed by atoms with Gasteiger partial charge in [0.05, 0.1) is 5.02 Å². The zero-order valence-corrected chi connectivity index (χ0v) is 7.83. The number of hydrogen-bond donors (Lipinski definition) is 1. The van der Waals surface area contributed by atoms with Crippen molar-refractivity contribution >= 4 is 22.6 Å². The lowest BCUT2D eigenvalue weighted by atomic mass is 10.3. The maximum Gasteiger partial charge on any atom is 0.139 e. The first kappa shape index (κ1) is 8.53. The molecule has 3 nitrogen and oxygen atoms in total. The molecule has 0 aliphatic heterocycles. The van der Waals surface area contributed by atoms with Gasteiger partial charge >= 0.3 is 0 Å². The molecule has 2 rings (SSSR count). The highest BCUT2D eigenvalue weighted by molar-refractivity contribution is 6.31. The summed E-state index contributed by atoms with van der Waals surface area (Å²) >= 11 is 5.81. The zero-order valence-electron chi connectivity index (χ0n) is 7.07. The fourth-order valence-electron chi connectivity index (χ4n) is 1.37. The van der Waals surface area contributed by atoms with Crippen LogP contribution in [0.25, 0.3) is 11.0 Å². The van der Waals surface area contributed by atoms with Crippen molar-refractivity contribution in [1.82, 2.24) is 9.55 Å². The average Bonchev–Trinajstić information content (AvgIpc) is 2.49. The summed E-state index contributed by atoms with van der Waals surface area (Å²) in [7, 11) is 0. The lowest BCUT2D eigenvalue weighted by Gasteiger charge is -2.00. The summed E-state index contributed by atoms with van der Waals surface area (Å²) < 4.78 is 2.02. The smallest absolute Gasteiger partial charge is 0.139 e. The Bertz CT molecular complexity index is 422. The normalized spacial score (nSPS) is 10.9. The zero-order chi connectivity index (χ0) is 9.26. The molecule has 0 aliphatic carbocycles. The van der Waals surface area contributed by atoms with Crippen molar-refractivity contribution in [2.75, 3.05) is 6.54 Å². The molecule has 0 fully saturated rings. The van der Waals surface area contributed by atoms with Crippen molar-refractivity contribution in [3.8, 4) is 0 Å². The van der Waals surface area contributed by atoms with Crippen molar-refractivity contribution in [1.29, 1.82) is 0 Å². The predicted molar refractivity (Wildman–Crippen MR) is 53.8 cm³/mol. The first-order valence-electron chi connectivity index (χ1n) is 4.12. The van der Waals surface area contributed by atoms with Crippen LogP contribution in [-0.2, 0) is 6.54 Å². The Morgan fingerprint density at radius 1 is 1.54 bits per heavy atom. The molecule has 0 amide bonds. The third kappa shape index (κ3) is 1.53. The standard InChI is InChI=1S/C9H10ClN3/c10-8-5-7-1-3-13(4-2-11)9(7)12-6-8/h1,3,5-6H,2,4,11H2. The van der Waals surface area contributed by atoms with Gasteiger partial charge in [-0.25, -0.2) is 4.98 Å². The molecule has 2 N–H and O–H groups in total. The predicted octanol–water partition coefficient (Wildman–Crippen LogP) is 1.65. The summed E-state index contributed by atoms with van der Waals surface area (Å²) in [4.78, 5) is 4.23. The van der Waals surface area contributed by atoms with Crippen molar-refractivity contribution in [3.05, 3.63) is 29.5 Å². The van der Waals surface area contributed by atoms with Gasteiger partial charge in [0, 0.05) is 30.9 Å². The van der Waals surface area contributed by atoms with Crippen LogP contribution in [0.2, 0.25) is 5.02 Å². The van der Waals surface area contributed by atoms with Gasteiger partial charge in [-0.1, -0.05) is 11.6 Å². The fourth-order valence-corrected chi connectivity index (χ4v) is 1.54. The molecule has 0 spiro atoms. The maximum absolute atomic E-state index is 5.81. The van der Waals surface area contributed by atoms with Gasteiger partial charge in [-0.3, -0.25) is 0 Å². The molecular weight excluding hydrogens is 186 g/mol. The second kappa shape index (κ2) is 3.36. The molecule has 0 saturated heterocycles. The van der Waals surface area contributed by atoms with E-state index in [1.165, 1.54) is 0 Å². The number of halogens is 1. The van der Waals surface area contributed by atoms with Crippen LogP contribution in [0.5, 0.6) is 0 Å². The van der Waals surface area contributed by atoms with Gasteiger partial charge in [-0.05, 0) is 12.1 Å². The molecule has 2 heterocycles. The summed E-state index contributed by atoms with van der Waals surface area (Å²) in [6.45, 7) is 1.41. The minimum Gasteiger partial charge on any atom is -0.331 e. The molecule has 0 radical (unpaired) electrons. The minimum absolute atomic E-state index is 0.619. The molecule has 0 unspecified atom stereocenters. The van der Waals surface area contributed by atoms with Crippen molar-refractivity contribution in [2.45, 2.75) is 6.54 Å². The molecular formula is C9H10ClN3. The molecule has 0 aromatic carbocycles. The Balaban J connectivity index is 2.55. The second-order valence-electron chi connectivity index (χ2n) is 2.86. The first-order chi connectivity index (χ1) is 6.31. The quantitative estimate of drug-likeness (QED) is 0.792. The molecule has 2 aromatic heterocycles. The van der Waals surface area contributed by atoms with Crippen LogP contribution in [0.1, 0.15) is 0 Å². The molecule has 2 aromatic rings. The second-order valence-corrected chi connectivity index (χ2v) is 3.30. The average molecular weight is 196 g/mol. The third-order valence-corrected chi connectivity index (χ3v) is 2.14. The first-order valence-corrected chi connectivity index (χ1v) is 4.49. The van der Waals surface area contributed by atoms with Crippen LogP contribution in [0.15, 0.2) is 24.5 Å². The highest BCUT2D eigenvalue weighted by Crippen LogP contribution is 2.17. The van der Waals surface area contributed by atoms with Gasteiger partial charge in [-0.15, -0.1) is 0 Å². The Kier molecular flexibility index (Phi) is 2.20. The number of aromatic nitrogens is 2. The van der Waals surface area contributed by atoms with E-state index < -0.39 is 0 Å². The highest BCUT2D eigenvalue weighted by atomic mass is 35.5. The van der Waals surface area contributed by atoms with E-state index in [0.29, 0.717) is 11.6 Å². The summed E-state index contributed by atoms with van der Waals surface area (Å²) in [5.41, 5.74) is 6.41. The van der Waals surface area contributed by atoms with Crippen LogP contribution in [0, 0.1) is 0 Å². The van der Waals surface area contributed by atoms with Gasteiger partial charge in [0.2, 0.25) is 0 Å². The van der Waals surface area contributed by atoms with Crippen LogP contribution in [-0.4, -0.2) is 16.1 Å². The van der Waals surface area contributed by atoms with E-state index in [4.69, 9.17) is 17.3 Å². The number of rotatable bonds is 2. The Labute approximate surface area is 81.1 Å². The Hall–Kier alpha value is -1.06. The van der Waals surface area contributed by atoms with Crippen LogP contribution >= 0.6 is 11.6 Å². The summed E-state index contributed by atoms with van der Waals surface area (Å²) in [6, 6.07) is 3.89. The molecule has 4 heteroatoms. The topological polar surface area (TPSA) is 43.8 Å². The van der Waals surface area contributed by atoms with E-state index in [-0.39, 0.29) is 0 Å². The summed E-state index contributed by atoms with van der Waals surface area (Å²) in [5.74, 6) is 0. The van der Waals surface area contributed by atoms with E-state index in [0.717, 1.165) is 17.6 Å². The number of nitrogens with two attached hydrogens (primary N) is 1. The van der Waals surface area contributed by atoms with Gasteiger partial charge in [0.1, 0.15) is 5.65 Å². The van der Waals surface area contributed by atoms with Gasteiger partial charge in [0.15, 0.2) is 0 Å². The number of pyridine rings is 1. The fraction of sp³-hybridized carbons (Fsp3) is 0.222. The van der Waals surface area contributed by atoms with Crippen LogP contribution in [0.4, 0.5) is 0 Å². The molecule has 0 saturated carbocycles. The maximum atomic E-state index is 5.81. The Morgan fingerprint density at radius 3 is 3.15 bits per heavy atom. The summed E-state index contributed by atoms with van der Waals surface area (Å²) in [5, 5.41) is 1.72. The van der Waals surface area contributed by atoms with Crippen LogP contribution in [0.3, 0.4) is 0 Å². The lowest BCUT2D eigenvalue weighted by Crippen LogP contribution is -2.08. The molecule has 68 valence electrons. The van der Waals surface area contributed by atoms with E-state index in [1.54, 1.807) is 6.20 Å². The van der Waals surface area contributed by atoms with Crippen molar-refractivity contribution < 1.29 is 0 Å². The Morgan fingerprint density at radius 2 is 2.38 bits per heavy atom. The molecule has 0 aliphatic rings. The third-order valence-electron chi connectivity index (χ3n) is 1.94. The van der Waals surface area contributed by atoms with Crippen LogP contribution < -0.4 is 5.73 Å². The molecule has 0 bridgehead atoms. The van der Waals surface area contributed by atoms with E-state index in [1.807, 2.05) is 22.9 Å². The van der Waals surface area contributed by atoms with Gasteiger partial charge < -0.3 is 10.3 Å². The van der Waals surface area contributed by atoms with Crippen molar-refractivity contribution in [3.63, 3.8) is 0 Å². The van der Waals surface area contributed by atoms with E-state index in [2.05, 4.69) is 4.98 Å². The number of fused-ring (bicyclic) bond motifs is 1. The molecule has 13 heavy (non-hydrogen) atoms. The molecule has 0 atom stereocenters. The van der Waals surface area contributed by atoms with Crippen molar-refractivity contribution in [2.24, 2.45) is 5.73 Å². The number of hydrogen-bond acceptors (Lipinski definition) is 2. The lowest BCUT2D eigenvalue weighted by molar-refractivity contribution is 0.728. The minimum atomic E-state index is 0.619. The van der Waals surface area contributed by atoms with Gasteiger partial charge in [0.25, 0.3) is 0 Å². The van der Waals surface area contributed by atoms with Gasteiger partial charge in [-0.2, -0.15) is 0 Å². The monoisotopic (exact) mass is 195 g/mol. The summed E-state index contributed by atoms with van der Waals surface area (Å²) in [6.07, 6.45) is 3.62.